The fraction of sp³-hybridized carbons (Fsp3) is 0.111. The Bertz CT molecular complexity index is 963. The Hall–Kier alpha value is -2.99. The third kappa shape index (κ3) is 2.51. The predicted octanol–water partition coefficient (Wildman–Crippen LogP) is 3.75. The van der Waals surface area contributed by atoms with E-state index in [-0.39, 0.29) is 17.7 Å². The van der Waals surface area contributed by atoms with Crippen molar-refractivity contribution in [1.29, 1.82) is 0 Å². The van der Waals surface area contributed by atoms with E-state index in [1.165, 1.54) is 0 Å². The first-order chi connectivity index (χ1) is 12.1. The minimum Gasteiger partial charge on any atom is -0.337 e. The Labute approximate surface area is 148 Å². The molecule has 0 saturated heterocycles. The number of rotatable bonds is 3. The SMILES string of the molecule is CC(c1nc(-c2cccc(Cl)c2)no1)N1C(=O)c2ccccc2C1=O. The van der Waals surface area contributed by atoms with Crippen molar-refractivity contribution in [2.45, 2.75) is 13.0 Å². The van der Waals surface area contributed by atoms with Gasteiger partial charge in [0.1, 0.15) is 6.04 Å². The zero-order chi connectivity index (χ0) is 17.6. The van der Waals surface area contributed by atoms with Gasteiger partial charge in [-0.1, -0.05) is 41.0 Å². The average molecular weight is 354 g/mol. The average Bonchev–Trinajstić information content (AvgIpc) is 3.20. The lowest BCUT2D eigenvalue weighted by atomic mass is 10.1. The molecule has 25 heavy (non-hydrogen) atoms. The number of nitrogens with zero attached hydrogens (tertiary/aromatic N) is 3. The molecule has 0 spiro atoms. The highest BCUT2D eigenvalue weighted by Crippen LogP contribution is 2.31. The van der Waals surface area contributed by atoms with Crippen LogP contribution in [0, 0.1) is 0 Å². The largest absolute Gasteiger partial charge is 0.337 e. The van der Waals surface area contributed by atoms with Gasteiger partial charge in [0, 0.05) is 10.6 Å². The summed E-state index contributed by atoms with van der Waals surface area (Å²) >= 11 is 5.97. The van der Waals surface area contributed by atoms with Crippen LogP contribution < -0.4 is 0 Å². The summed E-state index contributed by atoms with van der Waals surface area (Å²) < 4.78 is 5.28. The molecule has 2 aromatic carbocycles. The fourth-order valence-electron chi connectivity index (χ4n) is 2.82. The first kappa shape index (κ1) is 15.5. The minimum absolute atomic E-state index is 0.185. The highest BCUT2D eigenvalue weighted by Gasteiger charge is 2.40. The molecule has 0 aliphatic carbocycles. The van der Waals surface area contributed by atoms with E-state index in [0.717, 1.165) is 4.90 Å². The molecule has 0 N–H and O–H groups in total. The van der Waals surface area contributed by atoms with Crippen LogP contribution in [0.2, 0.25) is 5.02 Å². The smallest absolute Gasteiger partial charge is 0.262 e. The molecule has 1 aliphatic heterocycles. The third-order valence-corrected chi connectivity index (χ3v) is 4.33. The molecule has 4 rings (SSSR count). The van der Waals surface area contributed by atoms with Gasteiger partial charge in [0.15, 0.2) is 0 Å². The lowest BCUT2D eigenvalue weighted by molar-refractivity contribution is 0.0568. The summed E-state index contributed by atoms with van der Waals surface area (Å²) in [5.41, 5.74) is 1.46. The van der Waals surface area contributed by atoms with Crippen molar-refractivity contribution in [3.8, 4) is 11.4 Å². The van der Waals surface area contributed by atoms with E-state index in [1.54, 1.807) is 55.5 Å². The number of benzene rings is 2. The highest BCUT2D eigenvalue weighted by molar-refractivity contribution is 6.30. The molecule has 2 amide bonds. The van der Waals surface area contributed by atoms with Crippen LogP contribution >= 0.6 is 11.6 Å². The Kier molecular flexibility index (Phi) is 3.62. The summed E-state index contributed by atoms with van der Waals surface area (Å²) in [5, 5.41) is 4.48. The van der Waals surface area contributed by atoms with Gasteiger partial charge in [0.25, 0.3) is 11.8 Å². The molecule has 0 bridgehead atoms. The molecule has 0 saturated carbocycles. The molecule has 7 heteroatoms. The molecule has 0 radical (unpaired) electrons. The number of amides is 2. The van der Waals surface area contributed by atoms with E-state index >= 15 is 0 Å². The van der Waals surface area contributed by atoms with Gasteiger partial charge < -0.3 is 4.52 Å². The van der Waals surface area contributed by atoms with Gasteiger partial charge in [-0.3, -0.25) is 14.5 Å². The zero-order valence-electron chi connectivity index (χ0n) is 13.1. The van der Waals surface area contributed by atoms with Gasteiger partial charge in [0.05, 0.1) is 11.1 Å². The van der Waals surface area contributed by atoms with Gasteiger partial charge >= 0.3 is 0 Å². The molecule has 1 atom stereocenters. The quantitative estimate of drug-likeness (QED) is 0.670. The molecular formula is C18H12ClN3O3. The minimum atomic E-state index is -0.673. The standard InChI is InChI=1S/C18H12ClN3O3/c1-10(22-17(23)13-7-2-3-8-14(13)18(22)24)16-20-15(21-25-16)11-5-4-6-12(19)9-11/h2-10H,1H3. The topological polar surface area (TPSA) is 76.3 Å². The molecule has 1 unspecified atom stereocenters. The van der Waals surface area contributed by atoms with Crippen molar-refractivity contribution in [3.63, 3.8) is 0 Å². The van der Waals surface area contributed by atoms with E-state index in [1.807, 2.05) is 0 Å². The number of aromatic nitrogens is 2. The molecular weight excluding hydrogens is 342 g/mol. The Balaban J connectivity index is 1.66. The van der Waals surface area contributed by atoms with E-state index < -0.39 is 6.04 Å². The highest BCUT2D eigenvalue weighted by atomic mass is 35.5. The number of hydrogen-bond donors (Lipinski definition) is 0. The van der Waals surface area contributed by atoms with Crippen molar-refractivity contribution in [2.24, 2.45) is 0 Å². The summed E-state index contributed by atoms with van der Waals surface area (Å²) in [5.74, 6) is -0.198. The van der Waals surface area contributed by atoms with Crippen LogP contribution in [0.25, 0.3) is 11.4 Å². The number of hydrogen-bond acceptors (Lipinski definition) is 5. The predicted molar refractivity (Wildman–Crippen MR) is 90.1 cm³/mol. The maximum absolute atomic E-state index is 12.5. The molecule has 2 heterocycles. The van der Waals surface area contributed by atoms with Crippen molar-refractivity contribution >= 4 is 23.4 Å². The maximum Gasteiger partial charge on any atom is 0.262 e. The van der Waals surface area contributed by atoms with Gasteiger partial charge in [-0.05, 0) is 31.2 Å². The monoisotopic (exact) mass is 353 g/mol. The molecule has 0 fully saturated rings. The van der Waals surface area contributed by atoms with Gasteiger partial charge in [0.2, 0.25) is 11.7 Å². The number of halogens is 1. The van der Waals surface area contributed by atoms with Crippen molar-refractivity contribution in [2.75, 3.05) is 0 Å². The zero-order valence-corrected chi connectivity index (χ0v) is 13.9. The molecule has 1 aliphatic rings. The van der Waals surface area contributed by atoms with E-state index in [2.05, 4.69) is 10.1 Å². The van der Waals surface area contributed by atoms with E-state index in [9.17, 15) is 9.59 Å². The number of carbonyl (C=O) groups excluding carboxylic acids is 2. The van der Waals surface area contributed by atoms with Crippen LogP contribution in [0.4, 0.5) is 0 Å². The lowest BCUT2D eigenvalue weighted by Gasteiger charge is -2.18. The summed E-state index contributed by atoms with van der Waals surface area (Å²) in [6, 6.07) is 13.1. The normalized spacial score (nSPS) is 14.7. The van der Waals surface area contributed by atoms with Gasteiger partial charge in [-0.15, -0.1) is 0 Å². The third-order valence-electron chi connectivity index (χ3n) is 4.09. The lowest BCUT2D eigenvalue weighted by Crippen LogP contribution is -2.32. The molecule has 124 valence electrons. The maximum atomic E-state index is 12.5. The van der Waals surface area contributed by atoms with Crippen LogP contribution in [0.3, 0.4) is 0 Å². The Morgan fingerprint density at radius 1 is 1.04 bits per heavy atom. The molecule has 6 nitrogen and oxygen atoms in total. The van der Waals surface area contributed by atoms with Crippen LogP contribution in [-0.4, -0.2) is 26.9 Å². The first-order valence-electron chi connectivity index (χ1n) is 7.62. The number of imide groups is 1. The number of carbonyl (C=O) groups is 2. The van der Waals surface area contributed by atoms with Crippen molar-refractivity contribution < 1.29 is 14.1 Å². The summed E-state index contributed by atoms with van der Waals surface area (Å²) in [6.45, 7) is 1.68. The van der Waals surface area contributed by atoms with Crippen LogP contribution in [-0.2, 0) is 0 Å². The van der Waals surface area contributed by atoms with Crippen molar-refractivity contribution in [1.82, 2.24) is 15.0 Å². The van der Waals surface area contributed by atoms with Crippen LogP contribution in [0.5, 0.6) is 0 Å². The Morgan fingerprint density at radius 2 is 1.72 bits per heavy atom. The van der Waals surface area contributed by atoms with E-state index in [0.29, 0.717) is 27.5 Å². The molecule has 1 aromatic heterocycles. The van der Waals surface area contributed by atoms with Crippen LogP contribution in [0.1, 0.15) is 39.6 Å². The summed E-state index contributed by atoms with van der Waals surface area (Å²) in [6.07, 6.45) is 0. The fourth-order valence-corrected chi connectivity index (χ4v) is 3.01. The van der Waals surface area contributed by atoms with E-state index in [4.69, 9.17) is 16.1 Å². The van der Waals surface area contributed by atoms with Crippen LogP contribution in [0.15, 0.2) is 53.1 Å². The summed E-state index contributed by atoms with van der Waals surface area (Å²) in [7, 11) is 0. The second-order valence-electron chi connectivity index (χ2n) is 5.67. The second-order valence-corrected chi connectivity index (χ2v) is 6.10. The van der Waals surface area contributed by atoms with Gasteiger partial charge in [-0.25, -0.2) is 0 Å². The van der Waals surface area contributed by atoms with Gasteiger partial charge in [-0.2, -0.15) is 4.98 Å². The second kappa shape index (κ2) is 5.82. The molecule has 3 aromatic rings. The number of fused-ring (bicyclic) bond motifs is 1. The summed E-state index contributed by atoms with van der Waals surface area (Å²) in [4.78, 5) is 30.5. The Morgan fingerprint density at radius 3 is 2.36 bits per heavy atom. The van der Waals surface area contributed by atoms with Crippen molar-refractivity contribution in [3.05, 3.63) is 70.6 Å². The first-order valence-corrected chi connectivity index (χ1v) is 8.00.